The third-order valence-electron chi connectivity index (χ3n) is 4.76. The minimum Gasteiger partial charge on any atom is -0.381 e. The summed E-state index contributed by atoms with van der Waals surface area (Å²) in [5, 5.41) is 1.93. The molecule has 2 aliphatic heterocycles. The standard InChI is InChI=1S/C17H24N2O3S/c1-13(20)19(14-6-9-22-10-7-14)15-4-2-8-18(12-15)17(21)16-5-3-11-23-16/h3,5,11,14-15H,2,4,6-10,12H2,1H3. The molecule has 2 fully saturated rings. The molecule has 0 radical (unpaired) electrons. The van der Waals surface area contributed by atoms with Gasteiger partial charge in [0.05, 0.1) is 4.88 Å². The third-order valence-corrected chi connectivity index (χ3v) is 5.61. The molecule has 3 rings (SSSR count). The van der Waals surface area contributed by atoms with E-state index in [9.17, 15) is 9.59 Å². The highest BCUT2D eigenvalue weighted by Gasteiger charge is 2.34. The molecule has 1 aromatic rings. The predicted molar refractivity (Wildman–Crippen MR) is 89.6 cm³/mol. The lowest BCUT2D eigenvalue weighted by atomic mass is 9.98. The third kappa shape index (κ3) is 3.75. The van der Waals surface area contributed by atoms with E-state index in [2.05, 4.69) is 0 Å². The van der Waals surface area contributed by atoms with Gasteiger partial charge in [0.25, 0.3) is 5.91 Å². The van der Waals surface area contributed by atoms with E-state index in [1.807, 2.05) is 27.3 Å². The second-order valence-electron chi connectivity index (χ2n) is 6.29. The van der Waals surface area contributed by atoms with E-state index in [0.29, 0.717) is 6.54 Å². The molecule has 0 N–H and O–H groups in total. The molecular weight excluding hydrogens is 312 g/mol. The van der Waals surface area contributed by atoms with Gasteiger partial charge in [-0.05, 0) is 37.1 Å². The van der Waals surface area contributed by atoms with Crippen LogP contribution in [0.25, 0.3) is 0 Å². The zero-order valence-corrected chi connectivity index (χ0v) is 14.4. The number of carbonyl (C=O) groups excluding carboxylic acids is 2. The molecule has 0 bridgehead atoms. The van der Waals surface area contributed by atoms with Crippen LogP contribution in [0.5, 0.6) is 0 Å². The van der Waals surface area contributed by atoms with Crippen molar-refractivity contribution in [2.24, 2.45) is 0 Å². The number of thiophene rings is 1. The van der Waals surface area contributed by atoms with Crippen LogP contribution in [0.15, 0.2) is 17.5 Å². The van der Waals surface area contributed by atoms with Gasteiger partial charge in [0.2, 0.25) is 5.91 Å². The summed E-state index contributed by atoms with van der Waals surface area (Å²) in [7, 11) is 0. The maximum Gasteiger partial charge on any atom is 0.263 e. The molecular formula is C17H24N2O3S. The van der Waals surface area contributed by atoms with E-state index < -0.39 is 0 Å². The number of ether oxygens (including phenoxy) is 1. The van der Waals surface area contributed by atoms with Crippen molar-refractivity contribution in [2.75, 3.05) is 26.3 Å². The molecule has 0 spiro atoms. The first-order chi connectivity index (χ1) is 11.2. The lowest BCUT2D eigenvalue weighted by Crippen LogP contribution is -2.55. The summed E-state index contributed by atoms with van der Waals surface area (Å²) in [6.07, 6.45) is 3.73. The highest BCUT2D eigenvalue weighted by Crippen LogP contribution is 2.25. The lowest BCUT2D eigenvalue weighted by molar-refractivity contribution is -0.137. The Morgan fingerprint density at radius 1 is 1.26 bits per heavy atom. The Labute approximate surface area is 141 Å². The normalized spacial score (nSPS) is 22.8. The highest BCUT2D eigenvalue weighted by molar-refractivity contribution is 7.12. The molecule has 23 heavy (non-hydrogen) atoms. The second kappa shape index (κ2) is 7.45. The van der Waals surface area contributed by atoms with E-state index in [1.165, 1.54) is 11.3 Å². The lowest BCUT2D eigenvalue weighted by Gasteiger charge is -2.43. The largest absolute Gasteiger partial charge is 0.381 e. The van der Waals surface area contributed by atoms with Crippen molar-refractivity contribution < 1.29 is 14.3 Å². The summed E-state index contributed by atoms with van der Waals surface area (Å²) in [6, 6.07) is 4.16. The Morgan fingerprint density at radius 3 is 2.70 bits per heavy atom. The van der Waals surface area contributed by atoms with Crippen molar-refractivity contribution in [3.8, 4) is 0 Å². The highest BCUT2D eigenvalue weighted by atomic mass is 32.1. The van der Waals surface area contributed by atoms with Gasteiger partial charge in [-0.15, -0.1) is 11.3 Å². The number of carbonyl (C=O) groups is 2. The van der Waals surface area contributed by atoms with Crippen molar-refractivity contribution in [3.05, 3.63) is 22.4 Å². The van der Waals surface area contributed by atoms with E-state index in [4.69, 9.17) is 4.74 Å². The number of hydrogen-bond donors (Lipinski definition) is 0. The van der Waals surface area contributed by atoms with Gasteiger partial charge in [-0.2, -0.15) is 0 Å². The van der Waals surface area contributed by atoms with Gasteiger partial charge in [-0.25, -0.2) is 0 Å². The average molecular weight is 336 g/mol. The molecule has 1 atom stereocenters. The maximum absolute atomic E-state index is 12.6. The van der Waals surface area contributed by atoms with Crippen LogP contribution in [0.3, 0.4) is 0 Å². The van der Waals surface area contributed by atoms with Gasteiger partial charge in [-0.1, -0.05) is 6.07 Å². The van der Waals surface area contributed by atoms with Gasteiger partial charge in [0, 0.05) is 45.3 Å². The topological polar surface area (TPSA) is 49.9 Å². The molecule has 2 aliphatic rings. The molecule has 3 heterocycles. The van der Waals surface area contributed by atoms with E-state index in [-0.39, 0.29) is 23.9 Å². The van der Waals surface area contributed by atoms with Crippen LogP contribution < -0.4 is 0 Å². The Hall–Kier alpha value is -1.40. The summed E-state index contributed by atoms with van der Waals surface area (Å²) < 4.78 is 5.42. The first kappa shape index (κ1) is 16.5. The zero-order chi connectivity index (χ0) is 16.2. The Balaban J connectivity index is 1.70. The maximum atomic E-state index is 12.6. The van der Waals surface area contributed by atoms with Crippen LogP contribution in [0.2, 0.25) is 0 Å². The number of rotatable bonds is 3. The molecule has 1 aromatic heterocycles. The van der Waals surface area contributed by atoms with Crippen molar-refractivity contribution in [3.63, 3.8) is 0 Å². The monoisotopic (exact) mass is 336 g/mol. The number of hydrogen-bond acceptors (Lipinski definition) is 4. The molecule has 1 unspecified atom stereocenters. The summed E-state index contributed by atoms with van der Waals surface area (Å²) in [5.41, 5.74) is 0. The molecule has 126 valence electrons. The van der Waals surface area contributed by atoms with Crippen LogP contribution in [-0.2, 0) is 9.53 Å². The second-order valence-corrected chi connectivity index (χ2v) is 7.24. The fourth-order valence-electron chi connectivity index (χ4n) is 3.70. The molecule has 2 saturated heterocycles. The fraction of sp³-hybridized carbons (Fsp3) is 0.647. The van der Waals surface area contributed by atoms with Gasteiger partial charge < -0.3 is 14.5 Å². The molecule has 2 amide bonds. The molecule has 5 nitrogen and oxygen atoms in total. The van der Waals surface area contributed by atoms with Crippen molar-refractivity contribution in [1.82, 2.24) is 9.80 Å². The Bertz CT molecular complexity index is 540. The van der Waals surface area contributed by atoms with Crippen LogP contribution in [-0.4, -0.2) is 60.0 Å². The number of amides is 2. The van der Waals surface area contributed by atoms with Gasteiger partial charge in [-0.3, -0.25) is 9.59 Å². The summed E-state index contributed by atoms with van der Waals surface area (Å²) in [6.45, 7) is 4.52. The molecule has 0 aliphatic carbocycles. The van der Waals surface area contributed by atoms with E-state index in [1.54, 1.807) is 6.92 Å². The van der Waals surface area contributed by atoms with Crippen molar-refractivity contribution in [1.29, 1.82) is 0 Å². The van der Waals surface area contributed by atoms with Gasteiger partial charge in [0.1, 0.15) is 0 Å². The van der Waals surface area contributed by atoms with Crippen LogP contribution in [0.1, 0.15) is 42.3 Å². The van der Waals surface area contributed by atoms with E-state index in [0.717, 1.165) is 50.3 Å². The minimum atomic E-state index is 0.0974. The smallest absolute Gasteiger partial charge is 0.263 e. The summed E-state index contributed by atoms with van der Waals surface area (Å²) in [5.74, 6) is 0.215. The minimum absolute atomic E-state index is 0.0974. The molecule has 0 saturated carbocycles. The zero-order valence-electron chi connectivity index (χ0n) is 13.6. The van der Waals surface area contributed by atoms with Crippen molar-refractivity contribution in [2.45, 2.75) is 44.7 Å². The number of piperidine rings is 1. The van der Waals surface area contributed by atoms with E-state index >= 15 is 0 Å². The average Bonchev–Trinajstić information content (AvgIpc) is 3.10. The van der Waals surface area contributed by atoms with Gasteiger partial charge >= 0.3 is 0 Å². The summed E-state index contributed by atoms with van der Waals surface area (Å²) >= 11 is 1.48. The summed E-state index contributed by atoms with van der Waals surface area (Å²) in [4.78, 5) is 29.5. The SMILES string of the molecule is CC(=O)N(C1CCOCC1)C1CCCN(C(=O)c2cccs2)C1. The first-order valence-electron chi connectivity index (χ1n) is 8.36. The Morgan fingerprint density at radius 2 is 2.04 bits per heavy atom. The fourth-order valence-corrected chi connectivity index (χ4v) is 4.39. The van der Waals surface area contributed by atoms with Gasteiger partial charge in [0.15, 0.2) is 0 Å². The quantitative estimate of drug-likeness (QED) is 0.851. The number of nitrogens with zero attached hydrogens (tertiary/aromatic N) is 2. The molecule has 0 aromatic carbocycles. The molecule has 6 heteroatoms. The Kier molecular flexibility index (Phi) is 5.33. The first-order valence-corrected chi connectivity index (χ1v) is 9.24. The number of likely N-dealkylation sites (tertiary alicyclic amines) is 1. The van der Waals surface area contributed by atoms with Crippen LogP contribution >= 0.6 is 11.3 Å². The van der Waals surface area contributed by atoms with Crippen LogP contribution in [0.4, 0.5) is 0 Å². The van der Waals surface area contributed by atoms with Crippen LogP contribution in [0, 0.1) is 0 Å². The predicted octanol–water partition coefficient (Wildman–Crippen LogP) is 2.38. The van der Waals surface area contributed by atoms with Crippen molar-refractivity contribution >= 4 is 23.2 Å².